The number of hydrogen-bond donors (Lipinski definition) is 2. The molecule has 11 heteroatoms. The van der Waals surface area contributed by atoms with Crippen LogP contribution in [0.25, 0.3) is 5.82 Å². The Labute approximate surface area is 155 Å². The molecule has 3 atom stereocenters. The summed E-state index contributed by atoms with van der Waals surface area (Å²) in [6.45, 7) is 0.392. The minimum Gasteiger partial charge on any atom is -0.378 e. The van der Waals surface area contributed by atoms with Gasteiger partial charge < -0.3 is 10.6 Å². The SMILES string of the molecule is CN(C)Cc1c(C(=O)N/N=C\[C@@H]2C[C@H]3C=C[C@@H]2C3)nnn1-c1nonc1N. The normalized spacial score (nSPS) is 23.7. The number of allylic oxidation sites excluding steroid dienone is 2. The van der Waals surface area contributed by atoms with Gasteiger partial charge in [0.25, 0.3) is 5.91 Å². The molecule has 0 aliphatic heterocycles. The summed E-state index contributed by atoms with van der Waals surface area (Å²) in [5, 5.41) is 19.4. The Morgan fingerprint density at radius 1 is 1.44 bits per heavy atom. The highest BCUT2D eigenvalue weighted by molar-refractivity contribution is 5.93. The quantitative estimate of drug-likeness (QED) is 0.417. The molecule has 2 aliphatic rings. The highest BCUT2D eigenvalue weighted by atomic mass is 16.6. The summed E-state index contributed by atoms with van der Waals surface area (Å²) >= 11 is 0. The van der Waals surface area contributed by atoms with Crippen LogP contribution in [0, 0.1) is 17.8 Å². The van der Waals surface area contributed by atoms with Crippen molar-refractivity contribution in [1.29, 1.82) is 0 Å². The van der Waals surface area contributed by atoms with Crippen LogP contribution in [-0.2, 0) is 6.54 Å². The Kier molecular flexibility index (Phi) is 4.44. The maximum Gasteiger partial charge on any atom is 0.293 e. The second-order valence-corrected chi connectivity index (χ2v) is 7.17. The highest BCUT2D eigenvalue weighted by Gasteiger charge is 2.34. The summed E-state index contributed by atoms with van der Waals surface area (Å²) in [7, 11) is 3.73. The van der Waals surface area contributed by atoms with Crippen LogP contribution in [0.3, 0.4) is 0 Å². The van der Waals surface area contributed by atoms with E-state index in [1.165, 1.54) is 11.1 Å². The van der Waals surface area contributed by atoms with E-state index in [9.17, 15) is 4.79 Å². The second-order valence-electron chi connectivity index (χ2n) is 7.17. The smallest absolute Gasteiger partial charge is 0.293 e. The lowest BCUT2D eigenvalue weighted by Gasteiger charge is -2.12. The second kappa shape index (κ2) is 6.91. The van der Waals surface area contributed by atoms with Crippen molar-refractivity contribution >= 4 is 17.9 Å². The molecule has 142 valence electrons. The number of fused-ring (bicyclic) bond motifs is 2. The summed E-state index contributed by atoms with van der Waals surface area (Å²) in [6.07, 6.45) is 8.59. The number of amides is 1. The lowest BCUT2D eigenvalue weighted by molar-refractivity contribution is 0.0948. The van der Waals surface area contributed by atoms with E-state index >= 15 is 0 Å². The number of hydrazone groups is 1. The molecule has 4 rings (SSSR count). The zero-order valence-corrected chi connectivity index (χ0v) is 15.1. The summed E-state index contributed by atoms with van der Waals surface area (Å²) < 4.78 is 5.97. The van der Waals surface area contributed by atoms with Gasteiger partial charge >= 0.3 is 0 Å². The Morgan fingerprint density at radius 3 is 2.93 bits per heavy atom. The van der Waals surface area contributed by atoms with Gasteiger partial charge in [0.1, 0.15) is 0 Å². The van der Waals surface area contributed by atoms with Crippen molar-refractivity contribution in [3.63, 3.8) is 0 Å². The van der Waals surface area contributed by atoms with Gasteiger partial charge in [0, 0.05) is 18.7 Å². The Morgan fingerprint density at radius 2 is 2.30 bits per heavy atom. The third-order valence-electron chi connectivity index (χ3n) is 4.90. The van der Waals surface area contributed by atoms with Crippen LogP contribution in [0.2, 0.25) is 0 Å². The van der Waals surface area contributed by atoms with Crippen molar-refractivity contribution in [1.82, 2.24) is 35.6 Å². The minimum atomic E-state index is -0.442. The molecule has 3 N–H and O–H groups in total. The molecule has 11 nitrogen and oxygen atoms in total. The van der Waals surface area contributed by atoms with E-state index in [0.29, 0.717) is 30.0 Å². The lowest BCUT2D eigenvalue weighted by atomic mass is 9.95. The van der Waals surface area contributed by atoms with Crippen LogP contribution in [0.5, 0.6) is 0 Å². The van der Waals surface area contributed by atoms with Crippen molar-refractivity contribution in [2.24, 2.45) is 22.9 Å². The molecular weight excluding hydrogens is 350 g/mol. The molecule has 2 bridgehead atoms. The first-order valence-electron chi connectivity index (χ1n) is 8.72. The molecule has 0 unspecified atom stereocenters. The molecular formula is C16H21N9O2. The van der Waals surface area contributed by atoms with Crippen LogP contribution in [0.4, 0.5) is 5.82 Å². The van der Waals surface area contributed by atoms with Crippen LogP contribution < -0.4 is 11.2 Å². The number of nitrogens with one attached hydrogen (secondary N) is 1. The summed E-state index contributed by atoms with van der Waals surface area (Å²) in [5.74, 6) is 1.37. The van der Waals surface area contributed by atoms with E-state index in [-0.39, 0.29) is 17.3 Å². The Bertz CT molecular complexity index is 898. The van der Waals surface area contributed by atoms with Gasteiger partial charge in [-0.3, -0.25) is 4.79 Å². The fraction of sp³-hybridized carbons (Fsp3) is 0.500. The first-order valence-corrected chi connectivity index (χ1v) is 8.72. The fourth-order valence-corrected chi connectivity index (χ4v) is 3.67. The highest BCUT2D eigenvalue weighted by Crippen LogP contribution is 2.42. The largest absolute Gasteiger partial charge is 0.378 e. The standard InChI is InChI=1S/C16H21N9O2/c1-24(2)8-12-13(19-23-25(12)15-14(17)21-27-22-15)16(26)20-18-7-11-6-9-3-4-10(11)5-9/h3-4,7,9-11H,5-6,8H2,1-2H3,(H2,17,21)(H,20,26)/b18-7-/t9-,10+,11-/m0/s1. The van der Waals surface area contributed by atoms with Gasteiger partial charge in [-0.25, -0.2) is 10.1 Å². The molecule has 1 amide bonds. The van der Waals surface area contributed by atoms with Crippen molar-refractivity contribution in [2.75, 3.05) is 19.8 Å². The first kappa shape index (κ1) is 17.3. The summed E-state index contributed by atoms with van der Waals surface area (Å²) in [5.41, 5.74) is 8.95. The van der Waals surface area contributed by atoms with Gasteiger partial charge in [0.15, 0.2) is 5.69 Å². The number of aromatic nitrogens is 5. The zero-order valence-electron chi connectivity index (χ0n) is 15.1. The maximum atomic E-state index is 12.6. The van der Waals surface area contributed by atoms with Gasteiger partial charge in [-0.05, 0) is 49.1 Å². The number of hydrogen-bond acceptors (Lipinski definition) is 9. The number of carbonyl (C=O) groups is 1. The van der Waals surface area contributed by atoms with Gasteiger partial charge in [0.2, 0.25) is 11.6 Å². The molecule has 0 radical (unpaired) electrons. The number of rotatable bonds is 6. The van der Waals surface area contributed by atoms with E-state index in [2.05, 4.69) is 47.9 Å². The minimum absolute atomic E-state index is 0.0641. The monoisotopic (exact) mass is 371 g/mol. The van der Waals surface area contributed by atoms with E-state index in [1.807, 2.05) is 25.2 Å². The van der Waals surface area contributed by atoms with E-state index in [1.54, 1.807) is 0 Å². The maximum absolute atomic E-state index is 12.6. The average Bonchev–Trinajstić information content (AvgIpc) is 3.38. The van der Waals surface area contributed by atoms with Gasteiger partial charge in [-0.1, -0.05) is 17.4 Å². The van der Waals surface area contributed by atoms with Crippen LogP contribution in [-0.4, -0.2) is 56.4 Å². The predicted molar refractivity (Wildman–Crippen MR) is 95.8 cm³/mol. The molecule has 2 aromatic heterocycles. The van der Waals surface area contributed by atoms with E-state index in [4.69, 9.17) is 5.73 Å². The van der Waals surface area contributed by atoms with Gasteiger partial charge in [-0.2, -0.15) is 9.78 Å². The molecule has 0 saturated heterocycles. The van der Waals surface area contributed by atoms with Crippen molar-refractivity contribution < 1.29 is 9.42 Å². The fourth-order valence-electron chi connectivity index (χ4n) is 3.67. The lowest BCUT2D eigenvalue weighted by Crippen LogP contribution is -2.24. The molecule has 27 heavy (non-hydrogen) atoms. The molecule has 1 fully saturated rings. The Hall–Kier alpha value is -3.08. The third-order valence-corrected chi connectivity index (χ3v) is 4.90. The molecule has 2 aliphatic carbocycles. The zero-order chi connectivity index (χ0) is 19.0. The topological polar surface area (TPSA) is 140 Å². The van der Waals surface area contributed by atoms with Crippen LogP contribution in [0.15, 0.2) is 21.9 Å². The molecule has 0 spiro atoms. The summed E-state index contributed by atoms with van der Waals surface area (Å²) in [6, 6.07) is 0. The van der Waals surface area contributed by atoms with Gasteiger partial charge in [0.05, 0.1) is 5.69 Å². The van der Waals surface area contributed by atoms with Crippen molar-refractivity contribution in [3.05, 3.63) is 23.5 Å². The predicted octanol–water partition coefficient (Wildman–Crippen LogP) is 0.222. The molecule has 2 heterocycles. The van der Waals surface area contributed by atoms with Crippen LogP contribution >= 0.6 is 0 Å². The number of carbonyl (C=O) groups excluding carboxylic acids is 1. The average molecular weight is 371 g/mol. The number of nitrogens with two attached hydrogens (primary N) is 1. The number of nitrogen functional groups attached to an aromatic ring is 1. The number of anilines is 1. The van der Waals surface area contributed by atoms with E-state index < -0.39 is 5.91 Å². The first-order chi connectivity index (χ1) is 13.0. The van der Waals surface area contributed by atoms with Crippen molar-refractivity contribution in [2.45, 2.75) is 19.4 Å². The van der Waals surface area contributed by atoms with E-state index in [0.717, 1.165) is 6.42 Å². The number of nitrogens with zero attached hydrogens (tertiary/aromatic N) is 7. The molecule has 1 saturated carbocycles. The molecule has 2 aromatic rings. The third kappa shape index (κ3) is 3.33. The Balaban J connectivity index is 1.52. The van der Waals surface area contributed by atoms with Crippen LogP contribution in [0.1, 0.15) is 29.0 Å². The van der Waals surface area contributed by atoms with Gasteiger partial charge in [-0.15, -0.1) is 5.10 Å². The molecule has 0 aromatic carbocycles. The van der Waals surface area contributed by atoms with Crippen molar-refractivity contribution in [3.8, 4) is 5.82 Å². The summed E-state index contributed by atoms with van der Waals surface area (Å²) in [4.78, 5) is 14.5.